The number of hydrogen-bond donors (Lipinski definition) is 0. The Morgan fingerprint density at radius 1 is 1.20 bits per heavy atom. The number of carbonyl (C=O) groups is 2. The van der Waals surface area contributed by atoms with Crippen molar-refractivity contribution in [1.82, 2.24) is 0 Å². The minimum absolute atomic E-state index is 0.0189. The highest BCUT2D eigenvalue weighted by Gasteiger charge is 2.38. The summed E-state index contributed by atoms with van der Waals surface area (Å²) >= 11 is 0. The molecule has 0 saturated carbocycles. The first-order valence-corrected chi connectivity index (χ1v) is 6.23. The van der Waals surface area contributed by atoms with E-state index in [2.05, 4.69) is 4.99 Å². The lowest BCUT2D eigenvalue weighted by Crippen LogP contribution is -2.33. The van der Waals surface area contributed by atoms with E-state index in [1.165, 1.54) is 0 Å². The summed E-state index contributed by atoms with van der Waals surface area (Å²) in [6, 6.07) is 8.44. The Kier molecular flexibility index (Phi) is 2.95. The molecule has 0 N–H and O–H groups in total. The van der Waals surface area contributed by atoms with Crippen LogP contribution in [0.5, 0.6) is 0 Å². The van der Waals surface area contributed by atoms with Crippen molar-refractivity contribution in [3.8, 4) is 0 Å². The number of aliphatic imine (C=N–C) groups is 1. The van der Waals surface area contributed by atoms with E-state index < -0.39 is 5.78 Å². The number of benzene rings is 1. The maximum atomic E-state index is 12.3. The molecule has 0 spiro atoms. The third-order valence-corrected chi connectivity index (χ3v) is 3.20. The summed E-state index contributed by atoms with van der Waals surface area (Å²) in [5.74, 6) is -0.845. The van der Waals surface area contributed by atoms with E-state index in [1.54, 1.807) is 42.5 Å². The van der Waals surface area contributed by atoms with Crippen LogP contribution in [0.25, 0.3) is 0 Å². The second-order valence-electron chi connectivity index (χ2n) is 4.57. The van der Waals surface area contributed by atoms with E-state index in [1.807, 2.05) is 0 Å². The highest BCUT2D eigenvalue weighted by Crippen LogP contribution is 2.22. The lowest BCUT2D eigenvalue weighted by Gasteiger charge is -2.10. The third kappa shape index (κ3) is 2.03. The number of amidine groups is 1. The van der Waals surface area contributed by atoms with Gasteiger partial charge in [0.05, 0.1) is 5.57 Å². The molecule has 1 heterocycles. The summed E-state index contributed by atoms with van der Waals surface area (Å²) < 4.78 is 0.539. The predicted octanol–water partition coefficient (Wildman–Crippen LogP) is 1.84. The first kappa shape index (κ1) is 12.3. The second kappa shape index (κ2) is 4.77. The minimum atomic E-state index is -0.463. The van der Waals surface area contributed by atoms with Gasteiger partial charge < -0.3 is 0 Å². The van der Waals surface area contributed by atoms with E-state index in [9.17, 15) is 14.5 Å². The van der Waals surface area contributed by atoms with Gasteiger partial charge in [0.1, 0.15) is 0 Å². The molecule has 0 atom stereocenters. The Hall–Kier alpha value is -2.69. The van der Waals surface area contributed by atoms with Crippen LogP contribution in [0.4, 0.5) is 0 Å². The molecule has 1 aliphatic heterocycles. The molecule has 0 amide bonds. The van der Waals surface area contributed by atoms with Gasteiger partial charge in [0, 0.05) is 12.0 Å². The number of rotatable bonds is 2. The maximum absolute atomic E-state index is 12.3. The second-order valence-corrected chi connectivity index (χ2v) is 4.57. The molecule has 5 heteroatoms. The Morgan fingerprint density at radius 2 is 1.95 bits per heavy atom. The summed E-state index contributed by atoms with van der Waals surface area (Å²) in [5.41, 5.74) is 1.19. The first-order valence-electron chi connectivity index (χ1n) is 6.23. The van der Waals surface area contributed by atoms with Crippen molar-refractivity contribution in [3.05, 3.63) is 64.2 Å². The molecule has 0 aromatic heterocycles. The van der Waals surface area contributed by atoms with Gasteiger partial charge in [-0.05, 0) is 9.75 Å². The molecule has 2 aliphatic rings. The number of Topliss-reactive ketones (excluding diaryl/α,β-unsaturated/α-hetero) is 2. The highest BCUT2D eigenvalue weighted by atomic mass is 16.3. The molecule has 1 aliphatic carbocycles. The summed E-state index contributed by atoms with van der Waals surface area (Å²) in [5, 5.41) is 0. The van der Waals surface area contributed by atoms with E-state index in [-0.39, 0.29) is 30.3 Å². The van der Waals surface area contributed by atoms with Gasteiger partial charge >= 0.3 is 5.84 Å². The van der Waals surface area contributed by atoms with Crippen LogP contribution >= 0.6 is 0 Å². The predicted molar refractivity (Wildman–Crippen MR) is 72.5 cm³/mol. The van der Waals surface area contributed by atoms with E-state index in [4.69, 9.17) is 0 Å². The number of hydrogen-bond acceptors (Lipinski definition) is 4. The van der Waals surface area contributed by atoms with Crippen LogP contribution in [-0.2, 0) is 4.79 Å². The summed E-state index contributed by atoms with van der Waals surface area (Å²) in [7, 11) is 0. The van der Waals surface area contributed by atoms with Crippen molar-refractivity contribution in [2.24, 2.45) is 4.99 Å². The Balaban J connectivity index is 2.03. The van der Waals surface area contributed by atoms with Crippen LogP contribution in [0.15, 0.2) is 58.7 Å². The van der Waals surface area contributed by atoms with Gasteiger partial charge in [0.15, 0.2) is 6.54 Å². The number of allylic oxidation sites excluding steroid dienone is 2. The van der Waals surface area contributed by atoms with Crippen LogP contribution in [-0.4, -0.2) is 28.7 Å². The van der Waals surface area contributed by atoms with Crippen molar-refractivity contribution < 1.29 is 14.3 Å². The summed E-state index contributed by atoms with van der Waals surface area (Å²) in [4.78, 5) is 40.0. The van der Waals surface area contributed by atoms with Crippen LogP contribution in [0.2, 0.25) is 0 Å². The van der Waals surface area contributed by atoms with Gasteiger partial charge in [-0.1, -0.05) is 47.4 Å². The fraction of sp³-hybridized carbons (Fsp3) is 0.133. The van der Waals surface area contributed by atoms with Crippen molar-refractivity contribution in [1.29, 1.82) is 0 Å². The molecule has 5 nitrogen and oxygen atoms in total. The van der Waals surface area contributed by atoms with Gasteiger partial charge in [0.2, 0.25) is 11.5 Å². The summed E-state index contributed by atoms with van der Waals surface area (Å²) in [6.45, 7) is -0.0189. The van der Waals surface area contributed by atoms with Crippen LogP contribution in [0, 0.1) is 4.91 Å². The quantitative estimate of drug-likeness (QED) is 0.606. The minimum Gasteiger partial charge on any atom is -0.290 e. The van der Waals surface area contributed by atoms with Crippen LogP contribution in [0.3, 0.4) is 0 Å². The maximum Gasteiger partial charge on any atom is 0.410 e. The Bertz CT molecular complexity index is 712. The largest absolute Gasteiger partial charge is 0.410 e. The van der Waals surface area contributed by atoms with E-state index in [0.29, 0.717) is 15.9 Å². The molecule has 0 saturated heterocycles. The van der Waals surface area contributed by atoms with Crippen molar-refractivity contribution in [2.75, 3.05) is 6.54 Å². The van der Waals surface area contributed by atoms with Gasteiger partial charge in [-0.2, -0.15) is 0 Å². The topological polar surface area (TPSA) is 66.6 Å². The fourth-order valence-electron chi connectivity index (χ4n) is 2.20. The van der Waals surface area contributed by atoms with Gasteiger partial charge in [-0.25, -0.2) is 0 Å². The normalized spacial score (nSPS) is 17.9. The van der Waals surface area contributed by atoms with Gasteiger partial charge in [-0.15, -0.1) is 0 Å². The molecule has 3 rings (SSSR count). The molecule has 0 fully saturated rings. The average molecular weight is 267 g/mol. The lowest BCUT2D eigenvalue weighted by atomic mass is 10.00. The molecule has 0 radical (unpaired) electrons. The lowest BCUT2D eigenvalue weighted by molar-refractivity contribution is -0.419. The van der Waals surface area contributed by atoms with Crippen molar-refractivity contribution in [3.63, 3.8) is 0 Å². The number of nitrogens with zero attached hydrogens (tertiary/aromatic N) is 2. The molecule has 20 heavy (non-hydrogen) atoms. The van der Waals surface area contributed by atoms with Crippen LogP contribution < -0.4 is 0 Å². The Morgan fingerprint density at radius 3 is 2.70 bits per heavy atom. The zero-order valence-corrected chi connectivity index (χ0v) is 10.6. The molecular formula is C15H11N2O3+. The number of carbonyl (C=O) groups excluding carboxylic acids is 2. The third-order valence-electron chi connectivity index (χ3n) is 3.20. The number of ketones is 2. The molecule has 1 aromatic rings. The average Bonchev–Trinajstić information content (AvgIpc) is 2.47. The standard InChI is InChI=1S/C15H11N2O3/c18-12-8-4-7-11-9-17(20)15(16-13(11)12)14(19)10-5-2-1-3-6-10/h1-7H,8-9H2/q+1. The smallest absolute Gasteiger partial charge is 0.290 e. The zero-order chi connectivity index (χ0) is 14.1. The zero-order valence-electron chi connectivity index (χ0n) is 10.6. The first-order chi connectivity index (χ1) is 9.66. The van der Waals surface area contributed by atoms with Crippen molar-refractivity contribution in [2.45, 2.75) is 6.42 Å². The molecule has 0 bridgehead atoms. The molecular weight excluding hydrogens is 256 g/mol. The summed E-state index contributed by atoms with van der Waals surface area (Å²) in [6.07, 6.45) is 3.68. The fourth-order valence-corrected chi connectivity index (χ4v) is 2.20. The number of nitroso groups, excluding NO2 is 1. The van der Waals surface area contributed by atoms with E-state index in [0.717, 1.165) is 0 Å². The molecule has 1 aromatic carbocycles. The highest BCUT2D eigenvalue weighted by molar-refractivity contribution is 6.42. The van der Waals surface area contributed by atoms with Crippen molar-refractivity contribution >= 4 is 17.4 Å². The molecule has 98 valence electrons. The SMILES string of the molecule is O=C1CC=CC2=C1N=C(C(=O)c1ccccc1)[N+](=O)C2. The van der Waals surface area contributed by atoms with E-state index >= 15 is 0 Å². The van der Waals surface area contributed by atoms with Gasteiger partial charge in [0.25, 0.3) is 5.78 Å². The Labute approximate surface area is 114 Å². The van der Waals surface area contributed by atoms with Gasteiger partial charge in [-0.3, -0.25) is 9.59 Å². The monoisotopic (exact) mass is 267 g/mol. The molecule has 0 unspecified atom stereocenters. The van der Waals surface area contributed by atoms with Crippen LogP contribution in [0.1, 0.15) is 16.8 Å².